The van der Waals surface area contributed by atoms with Crippen molar-refractivity contribution < 1.29 is 14.3 Å². The Kier molecular flexibility index (Phi) is 7.68. The molecule has 3 rings (SSSR count). The van der Waals surface area contributed by atoms with E-state index in [-0.39, 0.29) is 12.5 Å². The van der Waals surface area contributed by atoms with Crippen LogP contribution in [-0.4, -0.2) is 43.1 Å². The van der Waals surface area contributed by atoms with Gasteiger partial charge >= 0.3 is 0 Å². The molecule has 0 atom stereocenters. The van der Waals surface area contributed by atoms with Gasteiger partial charge in [-0.15, -0.1) is 11.3 Å². The number of carbonyl (C=O) groups excluding carboxylic acids is 1. The van der Waals surface area contributed by atoms with Crippen molar-refractivity contribution in [1.82, 2.24) is 9.88 Å². The molecule has 6 nitrogen and oxygen atoms in total. The topological polar surface area (TPSA) is 63.7 Å². The fourth-order valence-corrected chi connectivity index (χ4v) is 3.91. The summed E-state index contributed by atoms with van der Waals surface area (Å²) in [5, 5.41) is 6.33. The van der Waals surface area contributed by atoms with Crippen molar-refractivity contribution in [2.45, 2.75) is 13.5 Å². The van der Waals surface area contributed by atoms with E-state index in [0.29, 0.717) is 29.6 Å². The Labute approximate surface area is 185 Å². The maximum absolute atomic E-state index is 12.4. The van der Waals surface area contributed by atoms with Gasteiger partial charge in [0.15, 0.2) is 0 Å². The van der Waals surface area contributed by atoms with Crippen molar-refractivity contribution in [3.63, 3.8) is 0 Å². The van der Waals surface area contributed by atoms with Gasteiger partial charge in [0.05, 0.1) is 31.6 Å². The Bertz CT molecular complexity index is 992. The Morgan fingerprint density at radius 2 is 2.00 bits per heavy atom. The van der Waals surface area contributed by atoms with Gasteiger partial charge in [0.1, 0.15) is 16.5 Å². The maximum Gasteiger partial charge on any atom is 0.238 e. The molecule has 0 aliphatic rings. The van der Waals surface area contributed by atoms with E-state index in [9.17, 15) is 4.79 Å². The molecule has 0 saturated carbocycles. The van der Waals surface area contributed by atoms with Crippen LogP contribution in [0.1, 0.15) is 12.6 Å². The molecule has 158 valence electrons. The third kappa shape index (κ3) is 5.95. The van der Waals surface area contributed by atoms with Gasteiger partial charge in [-0.25, -0.2) is 4.98 Å². The van der Waals surface area contributed by atoms with Crippen LogP contribution in [-0.2, 0) is 11.3 Å². The Morgan fingerprint density at radius 1 is 1.23 bits per heavy atom. The number of nitrogens with zero attached hydrogens (tertiary/aromatic N) is 2. The number of amides is 1. The van der Waals surface area contributed by atoms with Crippen molar-refractivity contribution in [2.24, 2.45) is 0 Å². The quantitative estimate of drug-likeness (QED) is 0.505. The number of carbonyl (C=O) groups is 1. The normalized spacial score (nSPS) is 10.8. The molecule has 1 heterocycles. The minimum Gasteiger partial charge on any atom is -0.495 e. The predicted octanol–water partition coefficient (Wildman–Crippen LogP) is 4.94. The van der Waals surface area contributed by atoms with Crippen molar-refractivity contribution in [3.05, 3.63) is 58.6 Å². The molecule has 1 amide bonds. The van der Waals surface area contributed by atoms with Crippen LogP contribution in [0.3, 0.4) is 0 Å². The highest BCUT2D eigenvalue weighted by Crippen LogP contribution is 2.28. The molecular weight excluding hydrogens is 422 g/mol. The molecule has 2 aromatic carbocycles. The highest BCUT2D eigenvalue weighted by atomic mass is 35.5. The number of methoxy groups -OCH3 is 1. The Balaban J connectivity index is 1.57. The zero-order valence-corrected chi connectivity index (χ0v) is 18.7. The average molecular weight is 446 g/mol. The second kappa shape index (κ2) is 10.4. The summed E-state index contributed by atoms with van der Waals surface area (Å²) in [4.78, 5) is 19.0. The summed E-state index contributed by atoms with van der Waals surface area (Å²) in [6.07, 6.45) is 0. The number of hydrogen-bond donors (Lipinski definition) is 1. The molecule has 0 aliphatic carbocycles. The van der Waals surface area contributed by atoms with E-state index < -0.39 is 0 Å². The van der Waals surface area contributed by atoms with E-state index in [1.165, 1.54) is 0 Å². The summed E-state index contributed by atoms with van der Waals surface area (Å²) >= 11 is 7.60. The summed E-state index contributed by atoms with van der Waals surface area (Å²) in [7, 11) is 3.43. The van der Waals surface area contributed by atoms with Gasteiger partial charge in [-0.3, -0.25) is 9.69 Å². The molecule has 1 N–H and O–H groups in total. The average Bonchev–Trinajstić information content (AvgIpc) is 3.17. The third-order valence-corrected chi connectivity index (χ3v) is 5.42. The SMILES string of the molecule is CCOc1ccc(-c2nc(CN(C)CC(=O)Nc3cc(Cl)ccc3OC)cs2)cc1. The summed E-state index contributed by atoms with van der Waals surface area (Å²) in [6, 6.07) is 13.0. The molecule has 0 fully saturated rings. The summed E-state index contributed by atoms with van der Waals surface area (Å²) in [6.45, 7) is 3.38. The van der Waals surface area contributed by atoms with Crippen LogP contribution in [0, 0.1) is 0 Å². The van der Waals surface area contributed by atoms with Crippen molar-refractivity contribution in [3.8, 4) is 22.1 Å². The molecular formula is C22H24ClN3O3S. The first-order valence-corrected chi connectivity index (χ1v) is 10.7. The lowest BCUT2D eigenvalue weighted by Crippen LogP contribution is -2.30. The number of thiazole rings is 1. The van der Waals surface area contributed by atoms with E-state index in [1.54, 1.807) is 36.6 Å². The minimum absolute atomic E-state index is 0.153. The van der Waals surface area contributed by atoms with Crippen LogP contribution in [0.15, 0.2) is 47.8 Å². The van der Waals surface area contributed by atoms with Gasteiger partial charge in [-0.1, -0.05) is 11.6 Å². The number of aromatic nitrogens is 1. The smallest absolute Gasteiger partial charge is 0.238 e. The van der Waals surface area contributed by atoms with Crippen LogP contribution in [0.4, 0.5) is 5.69 Å². The second-order valence-electron chi connectivity index (χ2n) is 6.67. The summed E-state index contributed by atoms with van der Waals surface area (Å²) in [5.74, 6) is 1.26. The molecule has 30 heavy (non-hydrogen) atoms. The molecule has 8 heteroatoms. The number of halogens is 1. The predicted molar refractivity (Wildman–Crippen MR) is 122 cm³/mol. The number of likely N-dealkylation sites (N-methyl/N-ethyl adjacent to an activating group) is 1. The number of hydrogen-bond acceptors (Lipinski definition) is 6. The molecule has 0 unspecified atom stereocenters. The maximum atomic E-state index is 12.4. The third-order valence-electron chi connectivity index (χ3n) is 4.25. The van der Waals surface area contributed by atoms with Crippen molar-refractivity contribution in [1.29, 1.82) is 0 Å². The number of ether oxygens (including phenoxy) is 2. The van der Waals surface area contributed by atoms with Crippen LogP contribution >= 0.6 is 22.9 Å². The van der Waals surface area contributed by atoms with Crippen LogP contribution in [0.2, 0.25) is 5.02 Å². The van der Waals surface area contributed by atoms with Gasteiger partial charge in [-0.2, -0.15) is 0 Å². The first-order valence-electron chi connectivity index (χ1n) is 9.48. The molecule has 0 saturated heterocycles. The number of nitrogens with one attached hydrogen (secondary N) is 1. The molecule has 0 spiro atoms. The van der Waals surface area contributed by atoms with Gasteiger partial charge in [0, 0.05) is 22.5 Å². The molecule has 3 aromatic rings. The first kappa shape index (κ1) is 22.1. The van der Waals surface area contributed by atoms with Gasteiger partial charge in [0.25, 0.3) is 0 Å². The molecule has 0 radical (unpaired) electrons. The minimum atomic E-state index is -0.153. The highest BCUT2D eigenvalue weighted by molar-refractivity contribution is 7.13. The van der Waals surface area contributed by atoms with Gasteiger partial charge in [-0.05, 0) is 56.4 Å². The zero-order valence-electron chi connectivity index (χ0n) is 17.1. The number of benzene rings is 2. The lowest BCUT2D eigenvalue weighted by Gasteiger charge is -2.16. The van der Waals surface area contributed by atoms with Crippen molar-refractivity contribution >= 4 is 34.5 Å². The number of rotatable bonds is 9. The molecule has 1 aromatic heterocycles. The van der Waals surface area contributed by atoms with Crippen LogP contribution in [0.5, 0.6) is 11.5 Å². The van der Waals surface area contributed by atoms with Crippen molar-refractivity contribution in [2.75, 3.05) is 32.6 Å². The largest absolute Gasteiger partial charge is 0.495 e. The Morgan fingerprint density at radius 3 is 2.70 bits per heavy atom. The summed E-state index contributed by atoms with van der Waals surface area (Å²) in [5.41, 5.74) is 2.51. The fraction of sp³-hybridized carbons (Fsp3) is 0.273. The lowest BCUT2D eigenvalue weighted by atomic mass is 10.2. The standard InChI is InChI=1S/C22H24ClN3O3S/c1-4-29-18-8-5-15(6-9-18)22-24-17(14-30-22)12-26(2)13-21(27)25-19-11-16(23)7-10-20(19)28-3/h5-11,14H,4,12-13H2,1-3H3,(H,25,27). The van der Waals surface area contributed by atoms with E-state index in [0.717, 1.165) is 22.0 Å². The lowest BCUT2D eigenvalue weighted by molar-refractivity contribution is -0.117. The zero-order chi connectivity index (χ0) is 21.5. The second-order valence-corrected chi connectivity index (χ2v) is 7.96. The van der Waals surface area contributed by atoms with Crippen LogP contribution in [0.25, 0.3) is 10.6 Å². The van der Waals surface area contributed by atoms with Gasteiger partial charge < -0.3 is 14.8 Å². The van der Waals surface area contributed by atoms with Gasteiger partial charge in [0.2, 0.25) is 5.91 Å². The fourth-order valence-electron chi connectivity index (χ4n) is 2.92. The van der Waals surface area contributed by atoms with Crippen LogP contribution < -0.4 is 14.8 Å². The number of anilines is 1. The first-order chi connectivity index (χ1) is 14.5. The Hall–Kier alpha value is -2.61. The summed E-state index contributed by atoms with van der Waals surface area (Å²) < 4.78 is 10.7. The monoisotopic (exact) mass is 445 g/mol. The van der Waals surface area contributed by atoms with E-state index in [1.807, 2.05) is 48.5 Å². The molecule has 0 aliphatic heterocycles. The van der Waals surface area contributed by atoms with E-state index in [2.05, 4.69) is 5.32 Å². The molecule has 0 bridgehead atoms. The van der Waals surface area contributed by atoms with E-state index in [4.69, 9.17) is 26.1 Å². The van der Waals surface area contributed by atoms with E-state index >= 15 is 0 Å². The highest BCUT2D eigenvalue weighted by Gasteiger charge is 2.13.